The normalized spacial score (nSPS) is 34.9. The van der Waals surface area contributed by atoms with Gasteiger partial charge in [-0.15, -0.1) is 6.58 Å². The molecular formula is C14H25N. The van der Waals surface area contributed by atoms with Crippen LogP contribution < -0.4 is 5.32 Å². The number of fused-ring (bicyclic) bond motifs is 1. The molecular weight excluding hydrogens is 182 g/mol. The van der Waals surface area contributed by atoms with Crippen molar-refractivity contribution in [3.8, 4) is 0 Å². The molecule has 2 saturated carbocycles. The molecule has 0 bridgehead atoms. The van der Waals surface area contributed by atoms with Crippen molar-refractivity contribution in [1.29, 1.82) is 0 Å². The number of hydrogen-bond acceptors (Lipinski definition) is 1. The van der Waals surface area contributed by atoms with Crippen molar-refractivity contribution in [1.82, 2.24) is 5.32 Å². The Morgan fingerprint density at radius 3 is 2.73 bits per heavy atom. The van der Waals surface area contributed by atoms with Crippen molar-refractivity contribution in [2.75, 3.05) is 6.54 Å². The number of nitrogens with one attached hydrogen (secondary N) is 1. The van der Waals surface area contributed by atoms with Crippen LogP contribution in [-0.4, -0.2) is 12.6 Å². The maximum absolute atomic E-state index is 3.84. The lowest BCUT2D eigenvalue weighted by molar-refractivity contribution is 0.387. The maximum atomic E-state index is 3.84. The zero-order valence-corrected chi connectivity index (χ0v) is 10.0. The Hall–Kier alpha value is -0.300. The van der Waals surface area contributed by atoms with Gasteiger partial charge in [-0.2, -0.15) is 0 Å². The summed E-state index contributed by atoms with van der Waals surface area (Å²) in [6.45, 7) is 7.28. The minimum absolute atomic E-state index is 0.790. The van der Waals surface area contributed by atoms with Gasteiger partial charge in [-0.05, 0) is 56.4 Å². The monoisotopic (exact) mass is 207 g/mol. The predicted octanol–water partition coefficient (Wildman–Crippen LogP) is 3.37. The SMILES string of the molecule is C=CCCC(NCCC)C1C2CCCC21. The van der Waals surface area contributed by atoms with E-state index in [-0.39, 0.29) is 0 Å². The molecule has 86 valence electrons. The van der Waals surface area contributed by atoms with Crippen LogP contribution in [0.4, 0.5) is 0 Å². The van der Waals surface area contributed by atoms with Gasteiger partial charge in [0.2, 0.25) is 0 Å². The molecule has 0 amide bonds. The van der Waals surface area contributed by atoms with Crippen LogP contribution in [-0.2, 0) is 0 Å². The minimum atomic E-state index is 0.790. The average Bonchev–Trinajstić information content (AvgIpc) is 2.73. The topological polar surface area (TPSA) is 12.0 Å². The van der Waals surface area contributed by atoms with Crippen LogP contribution in [0, 0.1) is 17.8 Å². The second-order valence-corrected chi connectivity index (χ2v) is 5.26. The first kappa shape index (κ1) is 11.2. The third kappa shape index (κ3) is 2.44. The second-order valence-electron chi connectivity index (χ2n) is 5.26. The van der Waals surface area contributed by atoms with E-state index in [1.807, 2.05) is 0 Å². The van der Waals surface area contributed by atoms with Crippen molar-refractivity contribution >= 4 is 0 Å². The molecule has 3 unspecified atom stereocenters. The van der Waals surface area contributed by atoms with E-state index >= 15 is 0 Å². The summed E-state index contributed by atoms with van der Waals surface area (Å²) in [6.07, 6.45) is 10.3. The van der Waals surface area contributed by atoms with Gasteiger partial charge in [0.1, 0.15) is 0 Å². The van der Waals surface area contributed by atoms with E-state index in [4.69, 9.17) is 0 Å². The second kappa shape index (κ2) is 5.16. The first-order chi connectivity index (χ1) is 7.38. The lowest BCUT2D eigenvalue weighted by Crippen LogP contribution is -2.33. The quantitative estimate of drug-likeness (QED) is 0.631. The summed E-state index contributed by atoms with van der Waals surface area (Å²) in [5.41, 5.74) is 0. The lowest BCUT2D eigenvalue weighted by atomic mass is 9.99. The van der Waals surface area contributed by atoms with Crippen LogP contribution in [0.25, 0.3) is 0 Å². The van der Waals surface area contributed by atoms with Crippen LogP contribution >= 0.6 is 0 Å². The van der Waals surface area contributed by atoms with E-state index in [2.05, 4.69) is 24.9 Å². The Balaban J connectivity index is 1.79. The third-order valence-electron chi connectivity index (χ3n) is 4.28. The fraction of sp³-hybridized carbons (Fsp3) is 0.857. The van der Waals surface area contributed by atoms with Gasteiger partial charge in [-0.3, -0.25) is 0 Å². The molecule has 15 heavy (non-hydrogen) atoms. The number of rotatable bonds is 7. The lowest BCUT2D eigenvalue weighted by Gasteiger charge is -2.19. The molecule has 2 aliphatic carbocycles. The summed E-state index contributed by atoms with van der Waals surface area (Å²) in [4.78, 5) is 0. The van der Waals surface area contributed by atoms with Crippen LogP contribution in [0.2, 0.25) is 0 Å². The molecule has 1 nitrogen and oxygen atoms in total. The Bertz CT molecular complexity index is 201. The van der Waals surface area contributed by atoms with Gasteiger partial charge in [0.05, 0.1) is 0 Å². The van der Waals surface area contributed by atoms with Gasteiger partial charge >= 0.3 is 0 Å². The van der Waals surface area contributed by atoms with E-state index in [0.717, 1.165) is 23.8 Å². The summed E-state index contributed by atoms with van der Waals surface area (Å²) >= 11 is 0. The molecule has 0 aliphatic heterocycles. The van der Waals surface area contributed by atoms with Gasteiger partial charge in [-0.1, -0.05) is 19.4 Å². The molecule has 2 rings (SSSR count). The zero-order chi connectivity index (χ0) is 10.7. The molecule has 0 spiro atoms. The van der Waals surface area contributed by atoms with Crippen molar-refractivity contribution < 1.29 is 0 Å². The molecule has 1 N–H and O–H groups in total. The summed E-state index contributed by atoms with van der Waals surface area (Å²) in [7, 11) is 0. The molecule has 2 fully saturated rings. The highest BCUT2D eigenvalue weighted by Crippen LogP contribution is 2.59. The van der Waals surface area contributed by atoms with E-state index in [0.29, 0.717) is 0 Å². The molecule has 0 heterocycles. The summed E-state index contributed by atoms with van der Waals surface area (Å²) < 4.78 is 0. The Morgan fingerprint density at radius 1 is 1.40 bits per heavy atom. The Morgan fingerprint density at radius 2 is 2.13 bits per heavy atom. The molecule has 0 aromatic rings. The van der Waals surface area contributed by atoms with Gasteiger partial charge in [0.25, 0.3) is 0 Å². The highest BCUT2D eigenvalue weighted by atomic mass is 14.9. The van der Waals surface area contributed by atoms with Gasteiger partial charge < -0.3 is 5.32 Å². The number of hydrogen-bond donors (Lipinski definition) is 1. The first-order valence-corrected chi connectivity index (χ1v) is 6.72. The Kier molecular flexibility index (Phi) is 3.85. The minimum Gasteiger partial charge on any atom is -0.314 e. The van der Waals surface area contributed by atoms with Crippen molar-refractivity contribution in [2.45, 2.75) is 51.5 Å². The molecule has 1 heteroatoms. The molecule has 0 saturated heterocycles. The zero-order valence-electron chi connectivity index (χ0n) is 10.0. The smallest absolute Gasteiger partial charge is 0.0104 e. The third-order valence-corrected chi connectivity index (χ3v) is 4.28. The highest BCUT2D eigenvalue weighted by Gasteiger charge is 2.55. The Labute approximate surface area is 94.3 Å². The maximum Gasteiger partial charge on any atom is 0.0104 e. The fourth-order valence-corrected chi connectivity index (χ4v) is 3.53. The van der Waals surface area contributed by atoms with Gasteiger partial charge in [0.15, 0.2) is 0 Å². The molecule has 3 atom stereocenters. The summed E-state index contributed by atoms with van der Waals surface area (Å²) in [5, 5.41) is 3.75. The highest BCUT2D eigenvalue weighted by molar-refractivity contribution is 5.06. The summed E-state index contributed by atoms with van der Waals surface area (Å²) in [5.74, 6) is 3.19. The molecule has 2 aliphatic rings. The van der Waals surface area contributed by atoms with Crippen molar-refractivity contribution in [2.24, 2.45) is 17.8 Å². The van der Waals surface area contributed by atoms with E-state index in [9.17, 15) is 0 Å². The average molecular weight is 207 g/mol. The van der Waals surface area contributed by atoms with E-state index in [1.54, 1.807) is 0 Å². The molecule has 0 radical (unpaired) electrons. The standard InChI is InChI=1S/C14H25N/c1-3-5-9-13(15-10-4-2)14-11-7-6-8-12(11)14/h3,11-15H,1,4-10H2,2H3. The van der Waals surface area contributed by atoms with Gasteiger partial charge in [0, 0.05) is 6.04 Å². The van der Waals surface area contributed by atoms with Crippen LogP contribution in [0.5, 0.6) is 0 Å². The van der Waals surface area contributed by atoms with Crippen molar-refractivity contribution in [3.05, 3.63) is 12.7 Å². The number of allylic oxidation sites excluding steroid dienone is 1. The van der Waals surface area contributed by atoms with E-state index in [1.165, 1.54) is 45.1 Å². The van der Waals surface area contributed by atoms with Crippen LogP contribution in [0.15, 0.2) is 12.7 Å². The van der Waals surface area contributed by atoms with E-state index < -0.39 is 0 Å². The molecule has 0 aromatic carbocycles. The van der Waals surface area contributed by atoms with Crippen LogP contribution in [0.3, 0.4) is 0 Å². The first-order valence-electron chi connectivity index (χ1n) is 6.72. The molecule has 0 aromatic heterocycles. The largest absolute Gasteiger partial charge is 0.314 e. The fourth-order valence-electron chi connectivity index (χ4n) is 3.53. The van der Waals surface area contributed by atoms with Gasteiger partial charge in [-0.25, -0.2) is 0 Å². The predicted molar refractivity (Wildman–Crippen MR) is 65.8 cm³/mol. The van der Waals surface area contributed by atoms with Crippen molar-refractivity contribution in [3.63, 3.8) is 0 Å². The van der Waals surface area contributed by atoms with Crippen LogP contribution in [0.1, 0.15) is 45.4 Å². The summed E-state index contributed by atoms with van der Waals surface area (Å²) in [6, 6.07) is 0.790.